The van der Waals surface area contributed by atoms with Crippen LogP contribution in [-0.4, -0.2) is 83.1 Å². The molecule has 14 heteroatoms. The predicted molar refractivity (Wildman–Crippen MR) is 171 cm³/mol. The van der Waals surface area contributed by atoms with Crippen LogP contribution in [0.5, 0.6) is 0 Å². The molecule has 2 aromatic rings. The van der Waals surface area contributed by atoms with Gasteiger partial charge < -0.3 is 29.7 Å². The highest BCUT2D eigenvalue weighted by Gasteiger charge is 2.45. The molecule has 46 heavy (non-hydrogen) atoms. The van der Waals surface area contributed by atoms with Crippen molar-refractivity contribution in [2.45, 2.75) is 78.4 Å². The van der Waals surface area contributed by atoms with Crippen molar-refractivity contribution in [2.24, 2.45) is 4.99 Å². The summed E-state index contributed by atoms with van der Waals surface area (Å²) >= 11 is 0. The number of anilines is 3. The van der Waals surface area contributed by atoms with Crippen molar-refractivity contribution in [3.8, 4) is 0 Å². The number of rotatable bonds is 5. The summed E-state index contributed by atoms with van der Waals surface area (Å²) in [7, 11) is 1.95. The number of aliphatic imine (C=N–C) groups is 1. The fourth-order valence-corrected chi connectivity index (χ4v) is 6.24. The minimum absolute atomic E-state index is 0.220. The fourth-order valence-electron chi connectivity index (χ4n) is 6.24. The van der Waals surface area contributed by atoms with Crippen LogP contribution in [0.25, 0.3) is 0 Å². The molecule has 0 aliphatic carbocycles. The minimum atomic E-state index is -4.50. The first kappa shape index (κ1) is 33.3. The van der Waals surface area contributed by atoms with Crippen molar-refractivity contribution in [2.75, 3.05) is 55.3 Å². The van der Waals surface area contributed by atoms with E-state index in [1.54, 1.807) is 9.47 Å². The normalized spacial score (nSPS) is 20.1. The van der Waals surface area contributed by atoms with Crippen LogP contribution in [0.4, 0.5) is 40.8 Å². The molecule has 1 atom stereocenters. The molecular weight excluding hydrogens is 603 g/mol. The summed E-state index contributed by atoms with van der Waals surface area (Å²) in [5.74, 6) is -0.124. The van der Waals surface area contributed by atoms with Crippen LogP contribution in [0.3, 0.4) is 0 Å². The summed E-state index contributed by atoms with van der Waals surface area (Å²) in [5.41, 5.74) is 0.346. The van der Waals surface area contributed by atoms with E-state index < -0.39 is 35.0 Å². The predicted octanol–water partition coefficient (Wildman–Crippen LogP) is 4.98. The first-order valence-electron chi connectivity index (χ1n) is 15.5. The number of amides is 2. The summed E-state index contributed by atoms with van der Waals surface area (Å²) in [5, 5.41) is 6.19. The molecule has 1 aromatic carbocycles. The Morgan fingerprint density at radius 3 is 2.37 bits per heavy atom. The number of likely N-dealkylation sites (tertiary alicyclic amines) is 1. The van der Waals surface area contributed by atoms with E-state index >= 15 is 0 Å². The van der Waals surface area contributed by atoms with Crippen LogP contribution >= 0.6 is 0 Å². The molecule has 1 aromatic heterocycles. The smallest absolute Gasteiger partial charge is 0.416 e. The van der Waals surface area contributed by atoms with Crippen molar-refractivity contribution >= 4 is 40.6 Å². The number of aromatic nitrogens is 1. The number of ether oxygens (including phenoxy) is 1. The lowest BCUT2D eigenvalue weighted by molar-refractivity contribution is -0.137. The Bertz CT molecular complexity index is 1640. The number of alkyl halides is 3. The van der Waals surface area contributed by atoms with Gasteiger partial charge >= 0.3 is 12.3 Å². The van der Waals surface area contributed by atoms with Gasteiger partial charge in [0.25, 0.3) is 0 Å². The van der Waals surface area contributed by atoms with Crippen LogP contribution in [0.2, 0.25) is 0 Å². The largest absolute Gasteiger partial charge is 0.444 e. The van der Waals surface area contributed by atoms with E-state index in [9.17, 15) is 27.6 Å². The maximum absolute atomic E-state index is 14.3. The number of aryl methyl sites for hydroxylation is 1. The SMILES string of the molecule is CCc1c(N2CCN(C(=O)OC(C)(C)C)CC2)c(=O)c2c(n1CC(=O)Nc1ccc(C(F)(F)F)cc1C)N=C1CCN(C)C1(C)N2. The van der Waals surface area contributed by atoms with Crippen molar-refractivity contribution in [3.05, 3.63) is 45.2 Å². The summed E-state index contributed by atoms with van der Waals surface area (Å²) in [4.78, 5) is 51.2. The fraction of sp³-hybridized carbons (Fsp3) is 0.562. The van der Waals surface area contributed by atoms with Gasteiger partial charge in [-0.3, -0.25) is 14.5 Å². The Hall–Kier alpha value is -4.07. The van der Waals surface area contributed by atoms with Crippen LogP contribution in [-0.2, 0) is 28.7 Å². The number of piperazine rings is 1. The second-order valence-corrected chi connectivity index (χ2v) is 13.2. The van der Waals surface area contributed by atoms with Gasteiger partial charge in [-0.25, -0.2) is 9.79 Å². The van der Waals surface area contributed by atoms with Crippen LogP contribution in [0.15, 0.2) is 28.0 Å². The number of pyridine rings is 1. The van der Waals surface area contributed by atoms with Gasteiger partial charge in [-0.05, 0) is 71.8 Å². The van der Waals surface area contributed by atoms with E-state index in [-0.39, 0.29) is 28.9 Å². The van der Waals surface area contributed by atoms with E-state index in [0.717, 1.165) is 24.4 Å². The summed E-state index contributed by atoms with van der Waals surface area (Å²) in [6, 6.07) is 3.18. The number of nitrogens with zero attached hydrogens (tertiary/aromatic N) is 5. The highest BCUT2D eigenvalue weighted by molar-refractivity contribution is 6.03. The van der Waals surface area contributed by atoms with Gasteiger partial charge in [-0.15, -0.1) is 0 Å². The number of carbonyl (C=O) groups is 2. The molecule has 2 N–H and O–H groups in total. The average molecular weight is 646 g/mol. The highest BCUT2D eigenvalue weighted by atomic mass is 19.4. The van der Waals surface area contributed by atoms with Crippen molar-refractivity contribution in [1.82, 2.24) is 14.4 Å². The second kappa shape index (κ2) is 11.9. The van der Waals surface area contributed by atoms with Gasteiger partial charge in [-0.2, -0.15) is 13.2 Å². The third-order valence-electron chi connectivity index (χ3n) is 8.85. The lowest BCUT2D eigenvalue weighted by atomic mass is 10.0. The highest BCUT2D eigenvalue weighted by Crippen LogP contribution is 2.40. The number of carbonyl (C=O) groups excluding carboxylic acids is 2. The number of fused-ring (bicyclic) bond motifs is 2. The third kappa shape index (κ3) is 6.31. The van der Waals surface area contributed by atoms with Gasteiger partial charge in [0.1, 0.15) is 29.2 Å². The molecule has 5 rings (SSSR count). The molecule has 1 unspecified atom stereocenters. The Morgan fingerprint density at radius 1 is 1.11 bits per heavy atom. The molecule has 0 radical (unpaired) electrons. The lowest BCUT2D eigenvalue weighted by Gasteiger charge is -2.40. The Balaban J connectivity index is 1.52. The zero-order chi connectivity index (χ0) is 33.8. The molecule has 3 aliphatic heterocycles. The third-order valence-corrected chi connectivity index (χ3v) is 8.85. The molecular formula is C32H42F3N7O4. The first-order valence-corrected chi connectivity index (χ1v) is 15.5. The zero-order valence-electron chi connectivity index (χ0n) is 27.4. The van der Waals surface area contributed by atoms with Crippen molar-refractivity contribution in [1.29, 1.82) is 0 Å². The summed E-state index contributed by atoms with van der Waals surface area (Å²) < 4.78 is 46.9. The van der Waals surface area contributed by atoms with Gasteiger partial charge in [0, 0.05) is 50.5 Å². The number of nitrogens with one attached hydrogen (secondary N) is 2. The van der Waals surface area contributed by atoms with E-state index in [4.69, 9.17) is 9.73 Å². The molecule has 0 saturated carbocycles. The Kier molecular flexibility index (Phi) is 8.64. The van der Waals surface area contributed by atoms with Gasteiger partial charge in [0.05, 0.1) is 11.3 Å². The molecule has 0 bridgehead atoms. The minimum Gasteiger partial charge on any atom is -0.444 e. The number of hydrogen-bond donors (Lipinski definition) is 2. The Morgan fingerprint density at radius 2 is 1.78 bits per heavy atom. The van der Waals surface area contributed by atoms with E-state index in [1.165, 1.54) is 13.0 Å². The molecule has 0 spiro atoms. The van der Waals surface area contributed by atoms with Crippen LogP contribution in [0.1, 0.15) is 57.9 Å². The second-order valence-electron chi connectivity index (χ2n) is 13.2. The van der Waals surface area contributed by atoms with E-state index in [0.29, 0.717) is 56.2 Å². The van der Waals surface area contributed by atoms with Crippen molar-refractivity contribution in [3.63, 3.8) is 0 Å². The zero-order valence-corrected chi connectivity index (χ0v) is 27.4. The monoisotopic (exact) mass is 645 g/mol. The number of halogens is 3. The maximum atomic E-state index is 14.3. The van der Waals surface area contributed by atoms with E-state index in [2.05, 4.69) is 15.5 Å². The van der Waals surface area contributed by atoms with Gasteiger partial charge in [-0.1, -0.05) is 6.92 Å². The topological polar surface area (TPSA) is 112 Å². The van der Waals surface area contributed by atoms with Crippen molar-refractivity contribution < 1.29 is 27.5 Å². The molecule has 250 valence electrons. The molecule has 4 heterocycles. The quantitative estimate of drug-likeness (QED) is 0.472. The van der Waals surface area contributed by atoms with Crippen LogP contribution in [0, 0.1) is 6.92 Å². The average Bonchev–Trinajstić information content (AvgIpc) is 3.26. The molecule has 3 aliphatic rings. The Labute approximate surface area is 266 Å². The standard InChI is InChI=1S/C32H42F3N7O4/c1-8-22-26(40-13-15-41(16-14-40)29(45)46-30(3,4)5)27(44)25-28(37-23-11-12-39(7)31(23,6)38-25)42(22)18-24(43)36-21-10-9-20(17-19(21)2)32(33,34)35/h9-10,17,38H,8,11-16,18H2,1-7H3,(H,36,43). The van der Waals surface area contributed by atoms with Gasteiger partial charge in [0.15, 0.2) is 5.82 Å². The number of benzene rings is 1. The molecule has 2 saturated heterocycles. The van der Waals surface area contributed by atoms with Gasteiger partial charge in [0.2, 0.25) is 11.3 Å². The molecule has 2 amide bonds. The first-order chi connectivity index (χ1) is 21.4. The van der Waals surface area contributed by atoms with E-state index in [1.807, 2.05) is 46.6 Å². The summed E-state index contributed by atoms with van der Waals surface area (Å²) in [6.07, 6.45) is -3.83. The lowest BCUT2D eigenvalue weighted by Crippen LogP contribution is -2.54. The molecule has 11 nitrogen and oxygen atoms in total. The maximum Gasteiger partial charge on any atom is 0.416 e. The van der Waals surface area contributed by atoms with Crippen LogP contribution < -0.4 is 21.0 Å². The number of hydrogen-bond acceptors (Lipinski definition) is 8. The summed E-state index contributed by atoms with van der Waals surface area (Å²) in [6.45, 7) is 12.8. The molecule has 2 fully saturated rings.